The van der Waals surface area contributed by atoms with Gasteiger partial charge in [-0.05, 0) is 39.0 Å². The molecule has 0 radical (unpaired) electrons. The van der Waals surface area contributed by atoms with Gasteiger partial charge in [-0.1, -0.05) is 11.6 Å². The first-order valence-electron chi connectivity index (χ1n) is 4.42. The molecule has 0 heterocycles. The second-order valence-corrected chi connectivity index (χ2v) is 3.53. The van der Waals surface area contributed by atoms with E-state index in [1.165, 1.54) is 24.8 Å². The van der Waals surface area contributed by atoms with Gasteiger partial charge in [-0.25, -0.2) is 0 Å². The Morgan fingerprint density at radius 3 is 2.91 bits per heavy atom. The van der Waals surface area contributed by atoms with Gasteiger partial charge in [0, 0.05) is 7.11 Å². The van der Waals surface area contributed by atoms with E-state index in [4.69, 9.17) is 4.74 Å². The Balaban J connectivity index is 2.43. The van der Waals surface area contributed by atoms with Crippen LogP contribution in [0.3, 0.4) is 0 Å². The van der Waals surface area contributed by atoms with Gasteiger partial charge in [-0.3, -0.25) is 0 Å². The number of hydrogen-bond donors (Lipinski definition) is 0. The molecule has 2 atom stereocenters. The van der Waals surface area contributed by atoms with Crippen LogP contribution < -0.4 is 0 Å². The van der Waals surface area contributed by atoms with E-state index in [9.17, 15) is 0 Å². The van der Waals surface area contributed by atoms with Crippen LogP contribution >= 0.6 is 0 Å². The third-order valence-corrected chi connectivity index (χ3v) is 2.65. The summed E-state index contributed by atoms with van der Waals surface area (Å²) < 4.78 is 5.31. The molecule has 0 aromatic heterocycles. The molecule has 1 rings (SSSR count). The third kappa shape index (κ3) is 2.33. The molecule has 0 amide bonds. The lowest BCUT2D eigenvalue weighted by atomic mass is 9.86. The van der Waals surface area contributed by atoms with E-state index in [1.54, 1.807) is 7.11 Å². The van der Waals surface area contributed by atoms with Crippen molar-refractivity contribution in [1.82, 2.24) is 0 Å². The lowest BCUT2D eigenvalue weighted by molar-refractivity contribution is 0.0617. The summed E-state index contributed by atoms with van der Waals surface area (Å²) in [5, 5.41) is 0. The molecule has 1 heteroatoms. The summed E-state index contributed by atoms with van der Waals surface area (Å²) in [7, 11) is 1.80. The van der Waals surface area contributed by atoms with Crippen LogP contribution in [0.25, 0.3) is 0 Å². The third-order valence-electron chi connectivity index (χ3n) is 2.65. The molecule has 0 N–H and O–H groups in total. The van der Waals surface area contributed by atoms with Crippen molar-refractivity contribution in [2.75, 3.05) is 7.11 Å². The molecule has 0 bridgehead atoms. The molecular weight excluding hydrogens is 136 g/mol. The van der Waals surface area contributed by atoms with Crippen LogP contribution in [0.2, 0.25) is 0 Å². The monoisotopic (exact) mass is 154 g/mol. The minimum absolute atomic E-state index is 0.429. The molecular formula is C10H18O. The van der Waals surface area contributed by atoms with Crippen molar-refractivity contribution in [3.8, 4) is 0 Å². The average molecular weight is 154 g/mol. The van der Waals surface area contributed by atoms with Gasteiger partial charge in [0.25, 0.3) is 0 Å². The minimum atomic E-state index is 0.429. The van der Waals surface area contributed by atoms with Crippen LogP contribution in [0.1, 0.15) is 33.1 Å². The van der Waals surface area contributed by atoms with Gasteiger partial charge in [-0.15, -0.1) is 0 Å². The number of methoxy groups -OCH3 is 1. The van der Waals surface area contributed by atoms with Crippen molar-refractivity contribution < 1.29 is 4.74 Å². The van der Waals surface area contributed by atoms with E-state index in [1.807, 2.05) is 0 Å². The molecule has 2 unspecified atom stereocenters. The first-order valence-corrected chi connectivity index (χ1v) is 4.42. The van der Waals surface area contributed by atoms with Gasteiger partial charge in [0.2, 0.25) is 0 Å². The standard InChI is InChI=1S/C10H18O/c1-8-5-4-6-10(7-8)9(2)11-3/h5,9-10H,4,6-7H2,1-3H3. The van der Waals surface area contributed by atoms with Crippen molar-refractivity contribution >= 4 is 0 Å². The van der Waals surface area contributed by atoms with Gasteiger partial charge in [0.1, 0.15) is 0 Å². The summed E-state index contributed by atoms with van der Waals surface area (Å²) in [6, 6.07) is 0. The highest BCUT2D eigenvalue weighted by molar-refractivity contribution is 5.04. The molecule has 0 saturated carbocycles. The smallest absolute Gasteiger partial charge is 0.0574 e. The highest BCUT2D eigenvalue weighted by Crippen LogP contribution is 2.27. The van der Waals surface area contributed by atoms with Crippen LogP contribution in [-0.2, 0) is 4.74 Å². The first kappa shape index (κ1) is 8.79. The maximum absolute atomic E-state index is 5.31. The van der Waals surface area contributed by atoms with E-state index < -0.39 is 0 Å². The van der Waals surface area contributed by atoms with Gasteiger partial charge >= 0.3 is 0 Å². The highest BCUT2D eigenvalue weighted by atomic mass is 16.5. The Bertz CT molecular complexity index is 149. The van der Waals surface area contributed by atoms with E-state index in [0.717, 1.165) is 5.92 Å². The number of allylic oxidation sites excluding steroid dienone is 2. The Morgan fingerprint density at radius 1 is 1.64 bits per heavy atom. The van der Waals surface area contributed by atoms with Crippen molar-refractivity contribution in [2.45, 2.75) is 39.2 Å². The van der Waals surface area contributed by atoms with Crippen LogP contribution in [0.5, 0.6) is 0 Å². The summed E-state index contributed by atoms with van der Waals surface area (Å²) in [6.07, 6.45) is 6.54. The lowest BCUT2D eigenvalue weighted by Crippen LogP contribution is -2.21. The molecule has 1 nitrogen and oxygen atoms in total. The fraction of sp³-hybridized carbons (Fsp3) is 0.800. The molecule has 0 aliphatic heterocycles. The molecule has 0 saturated heterocycles. The Morgan fingerprint density at radius 2 is 2.36 bits per heavy atom. The zero-order valence-electron chi connectivity index (χ0n) is 7.76. The van der Waals surface area contributed by atoms with Gasteiger partial charge in [0.05, 0.1) is 6.10 Å². The summed E-state index contributed by atoms with van der Waals surface area (Å²) in [5.41, 5.74) is 1.53. The number of rotatable bonds is 2. The Labute approximate surface area is 69.4 Å². The molecule has 0 aromatic rings. The molecule has 0 aromatic carbocycles. The largest absolute Gasteiger partial charge is 0.381 e. The number of ether oxygens (including phenoxy) is 1. The molecule has 1 aliphatic rings. The molecule has 64 valence electrons. The first-order chi connectivity index (χ1) is 5.24. The van der Waals surface area contributed by atoms with Crippen molar-refractivity contribution in [2.24, 2.45) is 5.92 Å². The van der Waals surface area contributed by atoms with Crippen molar-refractivity contribution in [3.63, 3.8) is 0 Å². The zero-order chi connectivity index (χ0) is 8.27. The Kier molecular flexibility index (Phi) is 3.13. The Hall–Kier alpha value is -0.300. The van der Waals surface area contributed by atoms with Gasteiger partial charge < -0.3 is 4.74 Å². The topological polar surface area (TPSA) is 9.23 Å². The van der Waals surface area contributed by atoms with Crippen LogP contribution in [-0.4, -0.2) is 13.2 Å². The van der Waals surface area contributed by atoms with Crippen LogP contribution in [0.4, 0.5) is 0 Å². The van der Waals surface area contributed by atoms with Crippen molar-refractivity contribution in [3.05, 3.63) is 11.6 Å². The average Bonchev–Trinajstić information content (AvgIpc) is 2.03. The van der Waals surface area contributed by atoms with E-state index in [0.29, 0.717) is 6.10 Å². The molecule has 0 fully saturated rings. The number of hydrogen-bond acceptors (Lipinski definition) is 1. The second kappa shape index (κ2) is 3.91. The van der Waals surface area contributed by atoms with Gasteiger partial charge in [0.15, 0.2) is 0 Å². The zero-order valence-corrected chi connectivity index (χ0v) is 7.76. The quantitative estimate of drug-likeness (QED) is 0.556. The summed E-state index contributed by atoms with van der Waals surface area (Å²) in [6.45, 7) is 4.39. The fourth-order valence-corrected chi connectivity index (χ4v) is 1.74. The fourth-order valence-electron chi connectivity index (χ4n) is 1.74. The lowest BCUT2D eigenvalue weighted by Gasteiger charge is -2.25. The predicted molar refractivity (Wildman–Crippen MR) is 47.6 cm³/mol. The highest BCUT2D eigenvalue weighted by Gasteiger charge is 2.18. The predicted octanol–water partition coefficient (Wildman–Crippen LogP) is 2.77. The summed E-state index contributed by atoms with van der Waals surface area (Å²) in [5.74, 6) is 0.755. The van der Waals surface area contributed by atoms with E-state index in [-0.39, 0.29) is 0 Å². The van der Waals surface area contributed by atoms with E-state index >= 15 is 0 Å². The maximum atomic E-state index is 5.31. The maximum Gasteiger partial charge on any atom is 0.0574 e. The van der Waals surface area contributed by atoms with Crippen LogP contribution in [0.15, 0.2) is 11.6 Å². The molecule has 0 spiro atoms. The van der Waals surface area contributed by atoms with E-state index in [2.05, 4.69) is 19.9 Å². The van der Waals surface area contributed by atoms with Gasteiger partial charge in [-0.2, -0.15) is 0 Å². The summed E-state index contributed by atoms with van der Waals surface area (Å²) >= 11 is 0. The van der Waals surface area contributed by atoms with Crippen molar-refractivity contribution in [1.29, 1.82) is 0 Å². The minimum Gasteiger partial charge on any atom is -0.381 e. The van der Waals surface area contributed by atoms with Crippen LogP contribution in [0, 0.1) is 5.92 Å². The summed E-state index contributed by atoms with van der Waals surface area (Å²) in [4.78, 5) is 0. The molecule has 1 aliphatic carbocycles. The SMILES string of the molecule is COC(C)C1CCC=C(C)C1. The molecule has 11 heavy (non-hydrogen) atoms. The second-order valence-electron chi connectivity index (χ2n) is 3.53. The normalized spacial score (nSPS) is 27.9.